The molecular weight excluding hydrogens is 260 g/mol. The maximum Gasteiger partial charge on any atom is 0.324 e. The second-order valence-corrected chi connectivity index (χ2v) is 5.80. The molecule has 2 N–H and O–H groups in total. The third-order valence-corrected chi connectivity index (χ3v) is 3.73. The first-order chi connectivity index (χ1) is 9.31. The first-order valence-corrected chi connectivity index (χ1v) is 7.15. The van der Waals surface area contributed by atoms with E-state index >= 15 is 0 Å². The lowest BCUT2D eigenvalue weighted by molar-refractivity contribution is -0.138. The van der Waals surface area contributed by atoms with Gasteiger partial charge in [-0.05, 0) is 39.0 Å². The highest BCUT2D eigenvalue weighted by atomic mass is 16.4. The predicted octanol–water partition coefficient (Wildman–Crippen LogP) is 1.99. The number of aliphatic carboxylic acids is 1. The van der Waals surface area contributed by atoms with E-state index in [0.717, 1.165) is 19.3 Å². The van der Waals surface area contributed by atoms with Gasteiger partial charge in [0.15, 0.2) is 0 Å². The minimum atomic E-state index is -0.935. The van der Waals surface area contributed by atoms with E-state index in [0.29, 0.717) is 0 Å². The largest absolute Gasteiger partial charge is 0.481 e. The Bertz CT molecular complexity index is 373. The average molecular weight is 284 g/mol. The third-order valence-electron chi connectivity index (χ3n) is 3.73. The molecule has 114 valence electrons. The van der Waals surface area contributed by atoms with E-state index in [1.54, 1.807) is 11.8 Å². The standard InChI is InChI=1S/C14H24N2O4/c1-9(8-13(18)19)7-12(17)15-14(20)16-10(2)5-4-6-11(16)3/h9-11H,4-8H2,1-3H3,(H,18,19)(H,15,17,20)/t9?,10-,11+. The summed E-state index contributed by atoms with van der Waals surface area (Å²) in [5.74, 6) is -1.62. The van der Waals surface area contributed by atoms with Crippen LogP contribution in [0.4, 0.5) is 4.79 Å². The van der Waals surface area contributed by atoms with Crippen LogP contribution in [0.5, 0.6) is 0 Å². The molecule has 0 aromatic rings. The third kappa shape index (κ3) is 4.83. The van der Waals surface area contributed by atoms with Crippen LogP contribution in [-0.2, 0) is 9.59 Å². The normalized spacial score (nSPS) is 24.1. The van der Waals surface area contributed by atoms with Crippen molar-refractivity contribution in [2.45, 2.75) is 65.0 Å². The molecular formula is C14H24N2O4. The Balaban J connectivity index is 2.48. The van der Waals surface area contributed by atoms with E-state index in [2.05, 4.69) is 5.32 Å². The maximum atomic E-state index is 12.1. The van der Waals surface area contributed by atoms with Crippen LogP contribution >= 0.6 is 0 Å². The molecule has 0 aliphatic carbocycles. The van der Waals surface area contributed by atoms with Crippen molar-refractivity contribution in [3.63, 3.8) is 0 Å². The van der Waals surface area contributed by atoms with Crippen molar-refractivity contribution in [2.75, 3.05) is 0 Å². The smallest absolute Gasteiger partial charge is 0.324 e. The van der Waals surface area contributed by atoms with Gasteiger partial charge in [-0.2, -0.15) is 0 Å². The van der Waals surface area contributed by atoms with Crippen LogP contribution in [0.1, 0.15) is 52.9 Å². The number of hydrogen-bond acceptors (Lipinski definition) is 3. The van der Waals surface area contributed by atoms with Gasteiger partial charge in [-0.15, -0.1) is 0 Å². The second-order valence-electron chi connectivity index (χ2n) is 5.80. The van der Waals surface area contributed by atoms with Crippen molar-refractivity contribution in [3.05, 3.63) is 0 Å². The number of carbonyl (C=O) groups excluding carboxylic acids is 2. The molecule has 0 aromatic carbocycles. The number of carboxylic acid groups (broad SMARTS) is 1. The van der Waals surface area contributed by atoms with E-state index in [9.17, 15) is 14.4 Å². The number of urea groups is 1. The Labute approximate surface area is 119 Å². The van der Waals surface area contributed by atoms with Crippen molar-refractivity contribution in [3.8, 4) is 0 Å². The Morgan fingerprint density at radius 2 is 1.75 bits per heavy atom. The summed E-state index contributed by atoms with van der Waals surface area (Å²) in [6.07, 6.45) is 2.96. The monoisotopic (exact) mass is 284 g/mol. The molecule has 1 aliphatic heterocycles. The lowest BCUT2D eigenvalue weighted by atomic mass is 9.98. The highest BCUT2D eigenvalue weighted by Gasteiger charge is 2.29. The average Bonchev–Trinajstić information content (AvgIpc) is 2.26. The Morgan fingerprint density at radius 3 is 2.25 bits per heavy atom. The summed E-state index contributed by atoms with van der Waals surface area (Å²) in [6, 6.07) is -0.108. The van der Waals surface area contributed by atoms with Gasteiger partial charge in [0, 0.05) is 24.9 Å². The number of hydrogen-bond donors (Lipinski definition) is 2. The molecule has 0 spiro atoms. The molecule has 6 nitrogen and oxygen atoms in total. The lowest BCUT2D eigenvalue weighted by Crippen LogP contribution is -2.53. The summed E-state index contributed by atoms with van der Waals surface area (Å²) in [5, 5.41) is 11.0. The molecule has 20 heavy (non-hydrogen) atoms. The van der Waals surface area contributed by atoms with Gasteiger partial charge in [0.1, 0.15) is 0 Å². The van der Waals surface area contributed by atoms with Gasteiger partial charge < -0.3 is 10.0 Å². The van der Waals surface area contributed by atoms with E-state index in [1.807, 2.05) is 13.8 Å². The number of carbonyl (C=O) groups is 3. The lowest BCUT2D eigenvalue weighted by Gasteiger charge is -2.38. The molecule has 0 radical (unpaired) electrons. The Morgan fingerprint density at radius 1 is 1.20 bits per heavy atom. The number of carboxylic acids is 1. The highest BCUT2D eigenvalue weighted by molar-refractivity contribution is 5.94. The van der Waals surface area contributed by atoms with Crippen LogP contribution < -0.4 is 5.32 Å². The zero-order valence-corrected chi connectivity index (χ0v) is 12.4. The highest BCUT2D eigenvalue weighted by Crippen LogP contribution is 2.22. The first-order valence-electron chi connectivity index (χ1n) is 7.15. The molecule has 1 heterocycles. The van der Waals surface area contributed by atoms with Crippen molar-refractivity contribution in [1.82, 2.24) is 10.2 Å². The molecule has 0 bridgehead atoms. The number of nitrogens with zero attached hydrogens (tertiary/aromatic N) is 1. The van der Waals surface area contributed by atoms with Gasteiger partial charge >= 0.3 is 12.0 Å². The van der Waals surface area contributed by atoms with E-state index in [4.69, 9.17) is 5.11 Å². The Kier molecular flexibility index (Phi) is 5.98. The summed E-state index contributed by atoms with van der Waals surface area (Å²) >= 11 is 0. The molecule has 1 rings (SSSR count). The van der Waals surface area contributed by atoms with Gasteiger partial charge in [0.05, 0.1) is 0 Å². The van der Waals surface area contributed by atoms with Crippen LogP contribution in [0, 0.1) is 5.92 Å². The van der Waals surface area contributed by atoms with Crippen molar-refractivity contribution in [2.24, 2.45) is 5.92 Å². The maximum absolute atomic E-state index is 12.1. The SMILES string of the molecule is CC(CC(=O)O)CC(=O)NC(=O)N1[C@H](C)CCC[C@@H]1C. The van der Waals surface area contributed by atoms with E-state index in [-0.39, 0.29) is 36.9 Å². The summed E-state index contributed by atoms with van der Waals surface area (Å²) in [5.41, 5.74) is 0. The molecule has 6 heteroatoms. The van der Waals surface area contributed by atoms with Crippen LogP contribution in [0.15, 0.2) is 0 Å². The van der Waals surface area contributed by atoms with Crippen LogP contribution in [0.2, 0.25) is 0 Å². The van der Waals surface area contributed by atoms with Crippen molar-refractivity contribution >= 4 is 17.9 Å². The summed E-state index contributed by atoms with van der Waals surface area (Å²) in [7, 11) is 0. The number of likely N-dealkylation sites (tertiary alicyclic amines) is 1. The quantitative estimate of drug-likeness (QED) is 0.826. The second kappa shape index (κ2) is 7.26. The van der Waals surface area contributed by atoms with Crippen molar-refractivity contribution < 1.29 is 19.5 Å². The number of nitrogens with one attached hydrogen (secondary N) is 1. The molecule has 0 saturated carbocycles. The van der Waals surface area contributed by atoms with E-state index < -0.39 is 11.9 Å². The molecule has 0 aromatic heterocycles. The summed E-state index contributed by atoms with van der Waals surface area (Å²) < 4.78 is 0. The number of amides is 3. The molecule has 1 aliphatic rings. The van der Waals surface area contributed by atoms with Gasteiger partial charge in [0.25, 0.3) is 0 Å². The zero-order chi connectivity index (χ0) is 15.3. The van der Waals surface area contributed by atoms with Crippen LogP contribution in [0.25, 0.3) is 0 Å². The Hall–Kier alpha value is -1.59. The molecule has 3 amide bonds. The van der Waals surface area contributed by atoms with Gasteiger partial charge in [-0.25, -0.2) is 4.79 Å². The summed E-state index contributed by atoms with van der Waals surface area (Å²) in [6.45, 7) is 5.64. The molecule has 1 fully saturated rings. The van der Waals surface area contributed by atoms with E-state index in [1.165, 1.54) is 0 Å². The van der Waals surface area contributed by atoms with Gasteiger partial charge in [-0.3, -0.25) is 14.9 Å². The van der Waals surface area contributed by atoms with Gasteiger partial charge in [0.2, 0.25) is 5.91 Å². The zero-order valence-electron chi connectivity index (χ0n) is 12.4. The molecule has 3 atom stereocenters. The van der Waals surface area contributed by atoms with Crippen molar-refractivity contribution in [1.29, 1.82) is 0 Å². The fourth-order valence-corrected chi connectivity index (χ4v) is 2.74. The predicted molar refractivity (Wildman–Crippen MR) is 74.2 cm³/mol. The fraction of sp³-hybridized carbons (Fsp3) is 0.786. The number of imide groups is 1. The number of rotatable bonds is 4. The number of piperidine rings is 1. The molecule has 1 saturated heterocycles. The fourth-order valence-electron chi connectivity index (χ4n) is 2.74. The van der Waals surface area contributed by atoms with Crippen LogP contribution in [-0.4, -0.2) is 40.0 Å². The van der Waals surface area contributed by atoms with Crippen LogP contribution in [0.3, 0.4) is 0 Å². The summed E-state index contributed by atoms with van der Waals surface area (Å²) in [4.78, 5) is 36.1. The topological polar surface area (TPSA) is 86.7 Å². The minimum Gasteiger partial charge on any atom is -0.481 e. The van der Waals surface area contributed by atoms with Gasteiger partial charge in [-0.1, -0.05) is 6.92 Å². The minimum absolute atomic E-state index is 0.0502. The first kappa shape index (κ1) is 16.5. The molecule has 1 unspecified atom stereocenters.